The molecule has 0 amide bonds. The minimum atomic E-state index is -4.03. The highest BCUT2D eigenvalue weighted by molar-refractivity contribution is 7.87. The molecular formula is C22H17NO3S. The van der Waals surface area contributed by atoms with Gasteiger partial charge in [-0.05, 0) is 42.3 Å². The molecule has 1 heterocycles. The van der Waals surface area contributed by atoms with Crippen molar-refractivity contribution in [2.75, 3.05) is 0 Å². The van der Waals surface area contributed by atoms with Gasteiger partial charge in [-0.15, -0.1) is 0 Å². The highest BCUT2D eigenvalue weighted by atomic mass is 32.2. The standard InChI is InChI=1S/C22H17NO3S/c1-16-13-14-21(19-11-7-15-23-22(16)19)27(24,25)26-20-12-6-5-10-18(20)17-8-3-2-4-9-17/h2-15H,1H3. The molecule has 4 rings (SSSR count). The van der Waals surface area contributed by atoms with Crippen molar-refractivity contribution in [1.82, 2.24) is 4.98 Å². The van der Waals surface area contributed by atoms with Crippen molar-refractivity contribution in [1.29, 1.82) is 0 Å². The van der Waals surface area contributed by atoms with E-state index in [0.717, 1.165) is 16.7 Å². The summed E-state index contributed by atoms with van der Waals surface area (Å²) in [5, 5.41) is 0.551. The van der Waals surface area contributed by atoms with Crippen LogP contribution in [0.3, 0.4) is 0 Å². The van der Waals surface area contributed by atoms with Crippen molar-refractivity contribution < 1.29 is 12.6 Å². The predicted octanol–water partition coefficient (Wildman–Crippen LogP) is 4.98. The minimum Gasteiger partial charge on any atom is -0.378 e. The lowest BCUT2D eigenvalue weighted by atomic mass is 10.1. The Balaban J connectivity index is 1.82. The van der Waals surface area contributed by atoms with E-state index in [2.05, 4.69) is 4.98 Å². The Labute approximate surface area is 158 Å². The van der Waals surface area contributed by atoms with Crippen LogP contribution in [0.5, 0.6) is 5.75 Å². The van der Waals surface area contributed by atoms with E-state index in [-0.39, 0.29) is 4.90 Å². The van der Waals surface area contributed by atoms with Gasteiger partial charge in [0.15, 0.2) is 5.75 Å². The van der Waals surface area contributed by atoms with Crippen molar-refractivity contribution in [3.8, 4) is 16.9 Å². The molecule has 5 heteroatoms. The Morgan fingerprint density at radius 3 is 2.37 bits per heavy atom. The topological polar surface area (TPSA) is 56.3 Å². The monoisotopic (exact) mass is 375 g/mol. The normalized spacial score (nSPS) is 11.4. The maximum absolute atomic E-state index is 13.1. The summed E-state index contributed by atoms with van der Waals surface area (Å²) in [5.74, 6) is 0.293. The Hall–Kier alpha value is -3.18. The van der Waals surface area contributed by atoms with Gasteiger partial charge in [0, 0.05) is 17.1 Å². The fourth-order valence-electron chi connectivity index (χ4n) is 3.06. The van der Waals surface area contributed by atoms with Gasteiger partial charge < -0.3 is 4.18 Å². The highest BCUT2D eigenvalue weighted by Gasteiger charge is 2.22. The van der Waals surface area contributed by atoms with E-state index in [4.69, 9.17) is 4.18 Å². The molecule has 0 saturated heterocycles. The number of para-hydroxylation sites is 1. The molecule has 4 nitrogen and oxygen atoms in total. The van der Waals surface area contributed by atoms with Crippen LogP contribution in [0.1, 0.15) is 5.56 Å². The zero-order chi connectivity index (χ0) is 18.9. The molecular weight excluding hydrogens is 358 g/mol. The zero-order valence-corrected chi connectivity index (χ0v) is 15.5. The lowest BCUT2D eigenvalue weighted by molar-refractivity contribution is 0.488. The molecule has 0 aliphatic carbocycles. The smallest absolute Gasteiger partial charge is 0.339 e. The molecule has 0 saturated carbocycles. The van der Waals surface area contributed by atoms with Gasteiger partial charge in [0.25, 0.3) is 0 Å². The van der Waals surface area contributed by atoms with Crippen LogP contribution in [0.4, 0.5) is 0 Å². The van der Waals surface area contributed by atoms with E-state index in [1.54, 1.807) is 42.6 Å². The fraction of sp³-hybridized carbons (Fsp3) is 0.0455. The first-order valence-corrected chi connectivity index (χ1v) is 9.90. The summed E-state index contributed by atoms with van der Waals surface area (Å²) < 4.78 is 31.7. The second-order valence-corrected chi connectivity index (χ2v) is 7.69. The molecule has 0 fully saturated rings. The quantitative estimate of drug-likeness (QED) is 0.472. The van der Waals surface area contributed by atoms with Crippen molar-refractivity contribution in [2.45, 2.75) is 11.8 Å². The van der Waals surface area contributed by atoms with Crippen molar-refractivity contribution in [3.05, 3.63) is 90.6 Å². The number of fused-ring (bicyclic) bond motifs is 1. The zero-order valence-electron chi connectivity index (χ0n) is 14.7. The number of hydrogen-bond acceptors (Lipinski definition) is 4. The summed E-state index contributed by atoms with van der Waals surface area (Å²) in [6, 6.07) is 23.4. The number of pyridine rings is 1. The van der Waals surface area contributed by atoms with Crippen LogP contribution < -0.4 is 4.18 Å². The summed E-state index contributed by atoms with van der Waals surface area (Å²) in [6.07, 6.45) is 1.65. The second kappa shape index (κ2) is 6.85. The van der Waals surface area contributed by atoms with Crippen LogP contribution in [0.15, 0.2) is 90.0 Å². The summed E-state index contributed by atoms with van der Waals surface area (Å²) in [5.41, 5.74) is 3.17. The van der Waals surface area contributed by atoms with E-state index >= 15 is 0 Å². The van der Waals surface area contributed by atoms with E-state index in [1.807, 2.05) is 49.4 Å². The van der Waals surface area contributed by atoms with Gasteiger partial charge in [0.2, 0.25) is 0 Å². The van der Waals surface area contributed by atoms with E-state index in [0.29, 0.717) is 16.7 Å². The molecule has 0 spiro atoms. The summed E-state index contributed by atoms with van der Waals surface area (Å²) in [4.78, 5) is 4.42. The molecule has 0 bridgehead atoms. The predicted molar refractivity (Wildman–Crippen MR) is 106 cm³/mol. The average Bonchev–Trinajstić information content (AvgIpc) is 2.69. The maximum atomic E-state index is 13.1. The molecule has 1 aromatic heterocycles. The summed E-state index contributed by atoms with van der Waals surface area (Å²) >= 11 is 0. The van der Waals surface area contributed by atoms with Crippen LogP contribution in [-0.4, -0.2) is 13.4 Å². The van der Waals surface area contributed by atoms with Crippen LogP contribution in [0, 0.1) is 6.92 Å². The van der Waals surface area contributed by atoms with E-state index < -0.39 is 10.1 Å². The Morgan fingerprint density at radius 2 is 1.56 bits per heavy atom. The molecule has 0 aliphatic heterocycles. The van der Waals surface area contributed by atoms with Crippen molar-refractivity contribution in [3.63, 3.8) is 0 Å². The van der Waals surface area contributed by atoms with Crippen molar-refractivity contribution >= 4 is 21.0 Å². The lowest BCUT2D eigenvalue weighted by Crippen LogP contribution is -2.11. The third kappa shape index (κ3) is 3.29. The average molecular weight is 375 g/mol. The first-order valence-electron chi connectivity index (χ1n) is 8.49. The molecule has 134 valence electrons. The second-order valence-electron chi connectivity index (χ2n) is 6.18. The highest BCUT2D eigenvalue weighted by Crippen LogP contribution is 2.33. The van der Waals surface area contributed by atoms with Gasteiger partial charge in [-0.2, -0.15) is 8.42 Å². The molecule has 0 radical (unpaired) electrons. The third-order valence-electron chi connectivity index (χ3n) is 4.37. The Kier molecular flexibility index (Phi) is 4.38. The lowest BCUT2D eigenvalue weighted by Gasteiger charge is -2.13. The SMILES string of the molecule is Cc1ccc(S(=O)(=O)Oc2ccccc2-c2ccccc2)c2cccnc12. The Morgan fingerprint density at radius 1 is 0.815 bits per heavy atom. The van der Waals surface area contributed by atoms with Crippen LogP contribution in [0.25, 0.3) is 22.0 Å². The third-order valence-corrected chi connectivity index (χ3v) is 5.67. The van der Waals surface area contributed by atoms with E-state index in [9.17, 15) is 8.42 Å². The molecule has 27 heavy (non-hydrogen) atoms. The molecule has 0 atom stereocenters. The largest absolute Gasteiger partial charge is 0.378 e. The van der Waals surface area contributed by atoms with E-state index in [1.165, 1.54) is 0 Å². The number of aryl methyl sites for hydroxylation is 1. The number of hydrogen-bond donors (Lipinski definition) is 0. The van der Waals surface area contributed by atoms with Crippen LogP contribution >= 0.6 is 0 Å². The Bertz CT molecular complexity index is 1220. The van der Waals surface area contributed by atoms with Crippen molar-refractivity contribution in [2.24, 2.45) is 0 Å². The molecule has 0 unspecified atom stereocenters. The first-order chi connectivity index (χ1) is 13.1. The number of aromatic nitrogens is 1. The van der Waals surface area contributed by atoms with Gasteiger partial charge in [0.1, 0.15) is 4.90 Å². The minimum absolute atomic E-state index is 0.110. The number of benzene rings is 3. The molecule has 0 aliphatic rings. The van der Waals surface area contributed by atoms with Gasteiger partial charge >= 0.3 is 10.1 Å². The molecule has 0 N–H and O–H groups in total. The maximum Gasteiger partial charge on any atom is 0.339 e. The summed E-state index contributed by atoms with van der Waals surface area (Å²) in [6.45, 7) is 1.90. The van der Waals surface area contributed by atoms with Gasteiger partial charge in [-0.1, -0.05) is 54.6 Å². The first kappa shape index (κ1) is 17.2. The van der Waals surface area contributed by atoms with Crippen LogP contribution in [0.2, 0.25) is 0 Å². The number of rotatable bonds is 4. The fourth-order valence-corrected chi connectivity index (χ4v) is 4.20. The summed E-state index contributed by atoms with van der Waals surface area (Å²) in [7, 11) is -4.03. The van der Waals surface area contributed by atoms with Crippen LogP contribution in [-0.2, 0) is 10.1 Å². The van der Waals surface area contributed by atoms with Gasteiger partial charge in [-0.3, -0.25) is 4.98 Å². The number of nitrogens with zero attached hydrogens (tertiary/aromatic N) is 1. The molecule has 3 aromatic carbocycles. The molecule has 4 aromatic rings. The van der Waals surface area contributed by atoms with Gasteiger partial charge in [-0.25, -0.2) is 0 Å². The van der Waals surface area contributed by atoms with Gasteiger partial charge in [0.05, 0.1) is 5.52 Å².